The molecule has 1 saturated heterocycles. The van der Waals surface area contributed by atoms with Gasteiger partial charge in [-0.15, -0.1) is 0 Å². The van der Waals surface area contributed by atoms with Gasteiger partial charge in [0, 0.05) is 30.9 Å². The molecule has 0 amide bonds. The van der Waals surface area contributed by atoms with E-state index in [2.05, 4.69) is 9.97 Å². The first-order valence-electron chi connectivity index (χ1n) is 7.28. The molecule has 0 spiro atoms. The number of sulfonamides is 1. The van der Waals surface area contributed by atoms with Gasteiger partial charge in [-0.25, -0.2) is 22.6 Å². The summed E-state index contributed by atoms with van der Waals surface area (Å²) in [5.74, 6) is -0.895. The van der Waals surface area contributed by atoms with Crippen molar-refractivity contribution in [2.24, 2.45) is 0 Å². The first-order valence-corrected chi connectivity index (χ1v) is 8.72. The SMILES string of the molecule is O=c1nccc([C@@H]2CCCN(S(=O)(=O)c3ccccc3F)C2)[nH]1. The fourth-order valence-corrected chi connectivity index (χ4v) is 4.42. The van der Waals surface area contributed by atoms with E-state index in [1.54, 1.807) is 6.07 Å². The average Bonchev–Trinajstić information content (AvgIpc) is 2.55. The van der Waals surface area contributed by atoms with Crippen LogP contribution in [0.2, 0.25) is 0 Å². The van der Waals surface area contributed by atoms with Gasteiger partial charge in [0.1, 0.15) is 10.7 Å². The molecule has 2 heterocycles. The van der Waals surface area contributed by atoms with E-state index in [4.69, 9.17) is 0 Å². The Balaban J connectivity index is 1.89. The van der Waals surface area contributed by atoms with Gasteiger partial charge in [0.05, 0.1) is 0 Å². The Bertz CT molecular complexity index is 866. The van der Waals surface area contributed by atoms with E-state index in [9.17, 15) is 17.6 Å². The van der Waals surface area contributed by atoms with Gasteiger partial charge in [-0.05, 0) is 31.0 Å². The summed E-state index contributed by atoms with van der Waals surface area (Å²) in [5, 5.41) is 0. The van der Waals surface area contributed by atoms with Crippen LogP contribution in [0.4, 0.5) is 4.39 Å². The number of hydrogen-bond donors (Lipinski definition) is 1. The Morgan fingerprint density at radius 2 is 2.04 bits per heavy atom. The highest BCUT2D eigenvalue weighted by molar-refractivity contribution is 7.89. The van der Waals surface area contributed by atoms with Crippen molar-refractivity contribution < 1.29 is 12.8 Å². The van der Waals surface area contributed by atoms with Crippen LogP contribution in [-0.2, 0) is 10.0 Å². The van der Waals surface area contributed by atoms with E-state index in [1.807, 2.05) is 0 Å². The van der Waals surface area contributed by atoms with Crippen molar-refractivity contribution in [1.29, 1.82) is 0 Å². The number of halogens is 1. The van der Waals surface area contributed by atoms with Crippen LogP contribution in [0.5, 0.6) is 0 Å². The number of nitrogens with one attached hydrogen (secondary N) is 1. The quantitative estimate of drug-likeness (QED) is 0.919. The second-order valence-corrected chi connectivity index (χ2v) is 7.37. The minimum Gasteiger partial charge on any atom is -0.309 e. The number of aromatic amines is 1. The highest BCUT2D eigenvalue weighted by Crippen LogP contribution is 2.29. The summed E-state index contributed by atoms with van der Waals surface area (Å²) in [6.45, 7) is 0.541. The Morgan fingerprint density at radius 3 is 2.78 bits per heavy atom. The van der Waals surface area contributed by atoms with Crippen molar-refractivity contribution in [2.45, 2.75) is 23.7 Å². The Hall–Kier alpha value is -2.06. The number of nitrogens with zero attached hydrogens (tertiary/aromatic N) is 2. The number of piperidine rings is 1. The zero-order chi connectivity index (χ0) is 16.4. The molecule has 23 heavy (non-hydrogen) atoms. The number of aromatic nitrogens is 2. The van der Waals surface area contributed by atoms with Crippen LogP contribution in [0, 0.1) is 5.82 Å². The summed E-state index contributed by atoms with van der Waals surface area (Å²) in [5.41, 5.74) is 0.190. The summed E-state index contributed by atoms with van der Waals surface area (Å²) < 4.78 is 40.4. The number of hydrogen-bond acceptors (Lipinski definition) is 4. The van der Waals surface area contributed by atoms with E-state index < -0.39 is 21.5 Å². The molecule has 1 aromatic carbocycles. The number of benzene rings is 1. The third-order valence-corrected chi connectivity index (χ3v) is 5.87. The maximum Gasteiger partial charge on any atom is 0.345 e. The highest BCUT2D eigenvalue weighted by atomic mass is 32.2. The lowest BCUT2D eigenvalue weighted by molar-refractivity contribution is 0.311. The average molecular weight is 337 g/mol. The molecule has 1 fully saturated rings. The molecule has 1 aliphatic rings. The van der Waals surface area contributed by atoms with Crippen LogP contribution in [-0.4, -0.2) is 35.8 Å². The maximum atomic E-state index is 13.9. The van der Waals surface area contributed by atoms with E-state index in [0.717, 1.165) is 12.5 Å². The molecular formula is C15H16FN3O3S. The van der Waals surface area contributed by atoms with Crippen LogP contribution in [0.15, 0.2) is 46.2 Å². The lowest BCUT2D eigenvalue weighted by atomic mass is 9.96. The largest absolute Gasteiger partial charge is 0.345 e. The Labute approximate surface area is 133 Å². The highest BCUT2D eigenvalue weighted by Gasteiger charge is 2.32. The van der Waals surface area contributed by atoms with Crippen molar-refractivity contribution in [2.75, 3.05) is 13.1 Å². The first kappa shape index (κ1) is 15.8. The van der Waals surface area contributed by atoms with Crippen LogP contribution in [0.1, 0.15) is 24.5 Å². The molecule has 3 rings (SSSR count). The second kappa shape index (κ2) is 6.21. The summed E-state index contributed by atoms with van der Waals surface area (Å²) in [6.07, 6.45) is 2.80. The molecule has 0 bridgehead atoms. The molecule has 6 nitrogen and oxygen atoms in total. The lowest BCUT2D eigenvalue weighted by Gasteiger charge is -2.31. The fourth-order valence-electron chi connectivity index (χ4n) is 2.83. The Morgan fingerprint density at radius 1 is 1.26 bits per heavy atom. The van der Waals surface area contributed by atoms with Gasteiger partial charge in [-0.1, -0.05) is 12.1 Å². The van der Waals surface area contributed by atoms with Crippen molar-refractivity contribution in [1.82, 2.24) is 14.3 Å². The molecule has 0 radical (unpaired) electrons. The van der Waals surface area contributed by atoms with Gasteiger partial charge in [0.2, 0.25) is 10.0 Å². The second-order valence-electron chi connectivity index (χ2n) is 5.46. The summed E-state index contributed by atoms with van der Waals surface area (Å²) in [4.78, 5) is 17.2. The zero-order valence-corrected chi connectivity index (χ0v) is 13.1. The number of rotatable bonds is 3. The van der Waals surface area contributed by atoms with Crippen molar-refractivity contribution in [3.05, 3.63) is 58.5 Å². The predicted octanol–water partition coefficient (Wildman–Crippen LogP) is 1.48. The first-order chi connectivity index (χ1) is 11.0. The van der Waals surface area contributed by atoms with Gasteiger partial charge in [-0.2, -0.15) is 4.31 Å². The van der Waals surface area contributed by atoms with E-state index in [-0.39, 0.29) is 17.4 Å². The van der Waals surface area contributed by atoms with Crippen molar-refractivity contribution >= 4 is 10.0 Å². The molecule has 122 valence electrons. The normalized spacial score (nSPS) is 19.6. The van der Waals surface area contributed by atoms with Gasteiger partial charge < -0.3 is 4.98 Å². The van der Waals surface area contributed by atoms with Gasteiger partial charge >= 0.3 is 5.69 Å². The molecule has 0 saturated carbocycles. The third kappa shape index (κ3) is 3.18. The van der Waals surface area contributed by atoms with Crippen molar-refractivity contribution in [3.8, 4) is 0 Å². The van der Waals surface area contributed by atoms with E-state index in [0.29, 0.717) is 18.7 Å². The maximum absolute atomic E-state index is 13.9. The minimum atomic E-state index is -3.89. The van der Waals surface area contributed by atoms with Crippen molar-refractivity contribution in [3.63, 3.8) is 0 Å². The minimum absolute atomic E-state index is 0.138. The zero-order valence-electron chi connectivity index (χ0n) is 12.3. The molecular weight excluding hydrogens is 321 g/mol. The van der Waals surface area contributed by atoms with Crippen LogP contribution in [0.25, 0.3) is 0 Å². The Kier molecular flexibility index (Phi) is 4.27. The van der Waals surface area contributed by atoms with Gasteiger partial charge in [-0.3, -0.25) is 0 Å². The standard InChI is InChI=1S/C15H16FN3O3S/c16-12-5-1-2-6-14(12)23(21,22)19-9-3-4-11(10-19)13-7-8-17-15(20)18-13/h1-2,5-8,11H,3-4,9-10H2,(H,17,18,20)/t11-/m1/s1. The molecule has 1 aromatic heterocycles. The van der Waals surface area contributed by atoms with Gasteiger partial charge in [0.25, 0.3) is 0 Å². The fraction of sp³-hybridized carbons (Fsp3) is 0.333. The van der Waals surface area contributed by atoms with E-state index >= 15 is 0 Å². The molecule has 1 N–H and O–H groups in total. The van der Waals surface area contributed by atoms with Crippen LogP contribution >= 0.6 is 0 Å². The molecule has 1 aliphatic heterocycles. The topological polar surface area (TPSA) is 83.1 Å². The molecule has 0 aliphatic carbocycles. The lowest BCUT2D eigenvalue weighted by Crippen LogP contribution is -2.39. The molecule has 8 heteroatoms. The monoisotopic (exact) mass is 337 g/mol. The molecule has 2 aromatic rings. The van der Waals surface area contributed by atoms with Crippen LogP contribution in [0.3, 0.4) is 0 Å². The van der Waals surface area contributed by atoms with E-state index in [1.165, 1.54) is 28.7 Å². The smallest absolute Gasteiger partial charge is 0.309 e. The van der Waals surface area contributed by atoms with Gasteiger partial charge in [0.15, 0.2) is 0 Å². The van der Waals surface area contributed by atoms with Crippen LogP contribution < -0.4 is 5.69 Å². The molecule has 0 unspecified atom stereocenters. The predicted molar refractivity (Wildman–Crippen MR) is 82.0 cm³/mol. The molecule has 1 atom stereocenters. The summed E-state index contributed by atoms with van der Waals surface area (Å²) in [7, 11) is -3.89. The summed E-state index contributed by atoms with van der Waals surface area (Å²) >= 11 is 0. The third-order valence-electron chi connectivity index (χ3n) is 3.98. The number of H-pyrrole nitrogens is 1. The summed E-state index contributed by atoms with van der Waals surface area (Å²) in [6, 6.07) is 7.02.